The number of nitriles is 1. The maximum Gasteiger partial charge on any atom is 0.387 e. The number of hydrogen-bond donors (Lipinski definition) is 1. The Balaban J connectivity index is 2.27. The van der Waals surface area contributed by atoms with Gasteiger partial charge in [-0.15, -0.1) is 0 Å². The number of carbonyl (C=O) groups is 1. The molecule has 1 N–H and O–H groups in total. The number of nitrogens with zero attached hydrogens (tertiary/aromatic N) is 1. The van der Waals surface area contributed by atoms with Crippen LogP contribution in [0.25, 0.3) is 6.08 Å². The normalized spacial score (nSPS) is 20.4. The molecule has 7 heteroatoms. The van der Waals surface area contributed by atoms with Crippen molar-refractivity contribution in [2.24, 2.45) is 5.92 Å². The molecule has 1 aliphatic carbocycles. The van der Waals surface area contributed by atoms with Gasteiger partial charge in [0.1, 0.15) is 11.6 Å². The molecule has 1 aromatic carbocycles. The molecule has 0 aromatic heterocycles. The van der Waals surface area contributed by atoms with E-state index in [4.69, 9.17) is 4.74 Å². The van der Waals surface area contributed by atoms with Crippen LogP contribution in [0.2, 0.25) is 0 Å². The fraction of sp³-hybridized carbons (Fsp3) is 0.474. The summed E-state index contributed by atoms with van der Waals surface area (Å²) in [7, 11) is 1.32. The van der Waals surface area contributed by atoms with E-state index in [0.717, 1.165) is 25.7 Å². The van der Waals surface area contributed by atoms with Gasteiger partial charge in [0.25, 0.3) is 5.91 Å². The van der Waals surface area contributed by atoms with E-state index in [9.17, 15) is 18.8 Å². The van der Waals surface area contributed by atoms with E-state index < -0.39 is 12.5 Å². The average Bonchev–Trinajstić information content (AvgIpc) is 2.62. The first-order chi connectivity index (χ1) is 12.5. The number of hydrogen-bond acceptors (Lipinski definition) is 4. The van der Waals surface area contributed by atoms with Gasteiger partial charge in [-0.05, 0) is 30.9 Å². The highest BCUT2D eigenvalue weighted by molar-refractivity contribution is 6.02. The lowest BCUT2D eigenvalue weighted by molar-refractivity contribution is -0.118. The van der Waals surface area contributed by atoms with Crippen molar-refractivity contribution in [2.45, 2.75) is 45.3 Å². The van der Waals surface area contributed by atoms with Crippen LogP contribution in [0.15, 0.2) is 23.8 Å². The van der Waals surface area contributed by atoms with Gasteiger partial charge in [0.15, 0.2) is 11.5 Å². The van der Waals surface area contributed by atoms with Crippen LogP contribution in [-0.2, 0) is 4.79 Å². The van der Waals surface area contributed by atoms with E-state index in [1.807, 2.05) is 6.07 Å². The summed E-state index contributed by atoms with van der Waals surface area (Å²) in [5.41, 5.74) is 0.00295. The zero-order valence-electron chi connectivity index (χ0n) is 14.8. The molecule has 0 unspecified atom stereocenters. The van der Waals surface area contributed by atoms with E-state index in [1.54, 1.807) is 6.07 Å². The molecule has 1 saturated carbocycles. The summed E-state index contributed by atoms with van der Waals surface area (Å²) in [6.07, 6.45) is 5.29. The SMILES string of the molecule is COc1cccc(/C=C(\C#N)C(=O)N[C@@H]2CCCC[C@@H]2C)c1OC(F)F. The lowest BCUT2D eigenvalue weighted by Gasteiger charge is -2.29. The van der Waals surface area contributed by atoms with Crippen molar-refractivity contribution in [3.8, 4) is 17.6 Å². The van der Waals surface area contributed by atoms with Crippen LogP contribution in [0.3, 0.4) is 0 Å². The van der Waals surface area contributed by atoms with Gasteiger partial charge in [-0.1, -0.05) is 31.9 Å². The highest BCUT2D eigenvalue weighted by Crippen LogP contribution is 2.34. The van der Waals surface area contributed by atoms with Gasteiger partial charge < -0.3 is 14.8 Å². The zero-order valence-corrected chi connectivity index (χ0v) is 14.8. The summed E-state index contributed by atoms with van der Waals surface area (Å²) in [6.45, 7) is -0.989. The van der Waals surface area contributed by atoms with Crippen LogP contribution in [-0.4, -0.2) is 25.7 Å². The minimum atomic E-state index is -3.05. The van der Waals surface area contributed by atoms with E-state index >= 15 is 0 Å². The van der Waals surface area contributed by atoms with E-state index in [0.29, 0.717) is 5.92 Å². The molecule has 0 saturated heterocycles. The Morgan fingerprint density at radius 2 is 2.12 bits per heavy atom. The Labute approximate surface area is 151 Å². The first-order valence-corrected chi connectivity index (χ1v) is 8.50. The largest absolute Gasteiger partial charge is 0.493 e. The van der Waals surface area contributed by atoms with Crippen molar-refractivity contribution in [3.05, 3.63) is 29.3 Å². The molecular formula is C19H22F2N2O3. The topological polar surface area (TPSA) is 71.3 Å². The zero-order chi connectivity index (χ0) is 19.1. The van der Waals surface area contributed by atoms with Crippen LogP contribution in [0.1, 0.15) is 38.2 Å². The molecule has 1 amide bonds. The Hall–Kier alpha value is -2.62. The van der Waals surface area contributed by atoms with Crippen LogP contribution in [0.5, 0.6) is 11.5 Å². The Kier molecular flexibility index (Phi) is 6.96. The van der Waals surface area contributed by atoms with Gasteiger partial charge in [0.05, 0.1) is 7.11 Å². The molecule has 0 aliphatic heterocycles. The fourth-order valence-corrected chi connectivity index (χ4v) is 3.10. The molecule has 26 heavy (non-hydrogen) atoms. The number of para-hydroxylation sites is 1. The minimum Gasteiger partial charge on any atom is -0.493 e. The first kappa shape index (κ1) is 19.7. The Morgan fingerprint density at radius 3 is 2.73 bits per heavy atom. The number of rotatable bonds is 6. The van der Waals surface area contributed by atoms with Crippen molar-refractivity contribution in [2.75, 3.05) is 7.11 Å². The van der Waals surface area contributed by atoms with Gasteiger partial charge in [-0.2, -0.15) is 14.0 Å². The number of alkyl halides is 2. The van der Waals surface area contributed by atoms with Crippen molar-refractivity contribution >= 4 is 12.0 Å². The molecular weight excluding hydrogens is 342 g/mol. The number of halogens is 2. The van der Waals surface area contributed by atoms with Crippen LogP contribution >= 0.6 is 0 Å². The van der Waals surface area contributed by atoms with Gasteiger partial charge >= 0.3 is 6.61 Å². The second kappa shape index (κ2) is 9.18. The molecule has 0 radical (unpaired) electrons. The number of benzene rings is 1. The van der Waals surface area contributed by atoms with Crippen LogP contribution in [0, 0.1) is 17.2 Å². The smallest absolute Gasteiger partial charge is 0.387 e. The Morgan fingerprint density at radius 1 is 1.38 bits per heavy atom. The maximum absolute atomic E-state index is 12.7. The van der Waals surface area contributed by atoms with Gasteiger partial charge in [-0.3, -0.25) is 4.79 Å². The monoisotopic (exact) mass is 364 g/mol. The summed E-state index contributed by atoms with van der Waals surface area (Å²) in [6, 6.07) is 6.36. The minimum absolute atomic E-state index is 0.00935. The van der Waals surface area contributed by atoms with Gasteiger partial charge in [0, 0.05) is 11.6 Å². The molecule has 0 heterocycles. The van der Waals surface area contributed by atoms with Crippen LogP contribution < -0.4 is 14.8 Å². The number of nitrogens with one attached hydrogen (secondary N) is 1. The third kappa shape index (κ3) is 4.94. The molecule has 0 bridgehead atoms. The van der Waals surface area contributed by atoms with E-state index in [1.165, 1.54) is 25.3 Å². The number of amides is 1. The lowest BCUT2D eigenvalue weighted by atomic mass is 9.86. The molecule has 2 rings (SSSR count). The van der Waals surface area contributed by atoms with E-state index in [2.05, 4.69) is 17.0 Å². The van der Waals surface area contributed by atoms with Crippen molar-refractivity contribution in [1.29, 1.82) is 5.26 Å². The van der Waals surface area contributed by atoms with Crippen molar-refractivity contribution in [3.63, 3.8) is 0 Å². The summed E-state index contributed by atoms with van der Waals surface area (Å²) in [5.74, 6) is -0.298. The molecule has 1 aromatic rings. The maximum atomic E-state index is 12.7. The molecule has 140 valence electrons. The fourth-order valence-electron chi connectivity index (χ4n) is 3.10. The summed E-state index contributed by atoms with van der Waals surface area (Å²) in [4.78, 5) is 12.5. The second-order valence-corrected chi connectivity index (χ2v) is 6.27. The first-order valence-electron chi connectivity index (χ1n) is 8.50. The van der Waals surface area contributed by atoms with Gasteiger partial charge in [0.2, 0.25) is 0 Å². The number of methoxy groups -OCH3 is 1. The summed E-state index contributed by atoms with van der Waals surface area (Å²) >= 11 is 0. The summed E-state index contributed by atoms with van der Waals surface area (Å²) < 4.78 is 35.0. The standard InChI is InChI=1S/C19H22F2N2O3/c1-12-6-3-4-8-15(12)23-18(24)14(11-22)10-13-7-5-9-16(25-2)17(13)26-19(20)21/h5,7,9-10,12,15,19H,3-4,6,8H2,1-2H3,(H,23,24)/b14-10+/t12-,15+/m0/s1. The number of ether oxygens (including phenoxy) is 2. The quantitative estimate of drug-likeness (QED) is 0.614. The summed E-state index contributed by atoms with van der Waals surface area (Å²) in [5, 5.41) is 12.2. The van der Waals surface area contributed by atoms with Crippen molar-refractivity contribution < 1.29 is 23.0 Å². The van der Waals surface area contributed by atoms with E-state index in [-0.39, 0.29) is 28.7 Å². The lowest BCUT2D eigenvalue weighted by Crippen LogP contribution is -2.41. The Bertz CT molecular complexity index is 713. The van der Waals surface area contributed by atoms with Crippen LogP contribution in [0.4, 0.5) is 8.78 Å². The predicted molar refractivity (Wildman–Crippen MR) is 92.8 cm³/mol. The third-order valence-corrected chi connectivity index (χ3v) is 4.53. The predicted octanol–water partition coefficient (Wildman–Crippen LogP) is 3.90. The number of carbonyl (C=O) groups excluding carboxylic acids is 1. The molecule has 1 fully saturated rings. The molecule has 0 spiro atoms. The average molecular weight is 364 g/mol. The highest BCUT2D eigenvalue weighted by Gasteiger charge is 2.24. The second-order valence-electron chi connectivity index (χ2n) is 6.27. The highest BCUT2D eigenvalue weighted by atomic mass is 19.3. The molecule has 5 nitrogen and oxygen atoms in total. The molecule has 1 aliphatic rings. The third-order valence-electron chi connectivity index (χ3n) is 4.53. The van der Waals surface area contributed by atoms with Crippen molar-refractivity contribution in [1.82, 2.24) is 5.32 Å². The molecule has 2 atom stereocenters. The van der Waals surface area contributed by atoms with Gasteiger partial charge in [-0.25, -0.2) is 0 Å².